The Bertz CT molecular complexity index is 567. The molecule has 0 saturated heterocycles. The van der Waals surface area contributed by atoms with Gasteiger partial charge in [0.2, 0.25) is 0 Å². The van der Waals surface area contributed by atoms with Crippen LogP contribution in [0.25, 0.3) is 10.8 Å². The summed E-state index contributed by atoms with van der Waals surface area (Å²) in [6.07, 6.45) is 9.71. The molecular formula is C17H20N2. The number of nitrogens with one attached hydrogen (secondary N) is 1. The van der Waals surface area contributed by atoms with Gasteiger partial charge in [0, 0.05) is 30.4 Å². The molecule has 1 heterocycles. The highest BCUT2D eigenvalue weighted by Crippen LogP contribution is 2.44. The molecule has 0 bridgehead atoms. The Morgan fingerprint density at radius 2 is 1.79 bits per heavy atom. The summed E-state index contributed by atoms with van der Waals surface area (Å²) < 4.78 is 0. The molecule has 19 heavy (non-hydrogen) atoms. The lowest BCUT2D eigenvalue weighted by atomic mass is 10.1. The maximum atomic E-state index is 4.37. The van der Waals surface area contributed by atoms with Crippen molar-refractivity contribution in [3.05, 3.63) is 42.2 Å². The Labute approximate surface area is 114 Å². The second-order valence-corrected chi connectivity index (χ2v) is 6.10. The van der Waals surface area contributed by atoms with Gasteiger partial charge in [-0.1, -0.05) is 24.3 Å². The standard InChI is InChI=1S/C17H20N2/c1-2-4-16-14(3-1)9-18-10-15(16)11-19-17(12-5-6-12)13-7-8-13/h1-4,9-10,12-13,17,19H,5-8,11H2. The number of fused-ring (bicyclic) bond motifs is 1. The van der Waals surface area contributed by atoms with Gasteiger partial charge in [0.15, 0.2) is 0 Å². The van der Waals surface area contributed by atoms with Crippen LogP contribution in [-0.4, -0.2) is 11.0 Å². The fourth-order valence-electron chi connectivity index (χ4n) is 3.18. The Morgan fingerprint density at radius 1 is 1.05 bits per heavy atom. The van der Waals surface area contributed by atoms with Crippen molar-refractivity contribution in [1.82, 2.24) is 10.3 Å². The minimum atomic E-state index is 0.763. The number of aromatic nitrogens is 1. The lowest BCUT2D eigenvalue weighted by Crippen LogP contribution is -2.32. The molecule has 4 rings (SSSR count). The van der Waals surface area contributed by atoms with Gasteiger partial charge < -0.3 is 5.32 Å². The molecular weight excluding hydrogens is 232 g/mol. The van der Waals surface area contributed by atoms with Crippen molar-refractivity contribution in [1.29, 1.82) is 0 Å². The Morgan fingerprint density at radius 3 is 2.53 bits per heavy atom. The van der Waals surface area contributed by atoms with Gasteiger partial charge in [0.1, 0.15) is 0 Å². The zero-order valence-electron chi connectivity index (χ0n) is 11.2. The van der Waals surface area contributed by atoms with Crippen LogP contribution < -0.4 is 5.32 Å². The highest BCUT2D eigenvalue weighted by molar-refractivity contribution is 5.84. The average Bonchev–Trinajstić information content (AvgIpc) is 3.33. The molecule has 98 valence electrons. The predicted molar refractivity (Wildman–Crippen MR) is 77.8 cm³/mol. The molecule has 1 aromatic carbocycles. The molecule has 1 aromatic heterocycles. The molecule has 2 aliphatic rings. The smallest absolute Gasteiger partial charge is 0.0346 e. The molecule has 2 saturated carbocycles. The van der Waals surface area contributed by atoms with E-state index < -0.39 is 0 Å². The van der Waals surface area contributed by atoms with E-state index in [2.05, 4.69) is 34.6 Å². The van der Waals surface area contributed by atoms with Gasteiger partial charge in [-0.15, -0.1) is 0 Å². The molecule has 0 atom stereocenters. The number of benzene rings is 1. The maximum Gasteiger partial charge on any atom is 0.0346 e. The van der Waals surface area contributed by atoms with Crippen LogP contribution >= 0.6 is 0 Å². The number of rotatable bonds is 5. The Hall–Kier alpha value is -1.41. The molecule has 2 aromatic rings. The van der Waals surface area contributed by atoms with E-state index in [4.69, 9.17) is 0 Å². The topological polar surface area (TPSA) is 24.9 Å². The second-order valence-electron chi connectivity index (χ2n) is 6.10. The fourth-order valence-corrected chi connectivity index (χ4v) is 3.18. The van der Waals surface area contributed by atoms with E-state index in [1.54, 1.807) is 0 Å². The van der Waals surface area contributed by atoms with Crippen molar-refractivity contribution in [3.8, 4) is 0 Å². The van der Waals surface area contributed by atoms with Crippen LogP contribution in [0, 0.1) is 11.8 Å². The van der Waals surface area contributed by atoms with Crippen molar-refractivity contribution in [2.45, 2.75) is 38.3 Å². The zero-order chi connectivity index (χ0) is 12.7. The summed E-state index contributed by atoms with van der Waals surface area (Å²) in [4.78, 5) is 4.37. The maximum absolute atomic E-state index is 4.37. The number of nitrogens with zero attached hydrogens (tertiary/aromatic N) is 1. The fraction of sp³-hybridized carbons (Fsp3) is 0.471. The van der Waals surface area contributed by atoms with Crippen LogP contribution in [0.4, 0.5) is 0 Å². The van der Waals surface area contributed by atoms with Gasteiger partial charge >= 0.3 is 0 Å². The lowest BCUT2D eigenvalue weighted by Gasteiger charge is -2.18. The lowest BCUT2D eigenvalue weighted by molar-refractivity contribution is 0.416. The van der Waals surface area contributed by atoms with E-state index in [1.807, 2.05) is 12.4 Å². The van der Waals surface area contributed by atoms with Crippen LogP contribution in [0.2, 0.25) is 0 Å². The van der Waals surface area contributed by atoms with Crippen molar-refractivity contribution in [2.24, 2.45) is 11.8 Å². The summed E-state index contributed by atoms with van der Waals surface area (Å²) in [6.45, 7) is 0.964. The van der Waals surface area contributed by atoms with E-state index >= 15 is 0 Å². The van der Waals surface area contributed by atoms with Gasteiger partial charge in [-0.3, -0.25) is 4.98 Å². The molecule has 2 fully saturated rings. The van der Waals surface area contributed by atoms with Gasteiger partial charge in [-0.25, -0.2) is 0 Å². The minimum Gasteiger partial charge on any atom is -0.309 e. The first kappa shape index (κ1) is 11.4. The Kier molecular flexibility index (Phi) is 2.77. The molecule has 2 heteroatoms. The summed E-state index contributed by atoms with van der Waals surface area (Å²) in [6, 6.07) is 9.31. The summed E-state index contributed by atoms with van der Waals surface area (Å²) >= 11 is 0. The largest absolute Gasteiger partial charge is 0.309 e. The van der Waals surface area contributed by atoms with Crippen molar-refractivity contribution in [3.63, 3.8) is 0 Å². The minimum absolute atomic E-state index is 0.763. The SMILES string of the molecule is c1ccc2c(CNC(C3CC3)C3CC3)cncc2c1. The molecule has 0 radical (unpaired) electrons. The van der Waals surface area contributed by atoms with Crippen LogP contribution in [-0.2, 0) is 6.54 Å². The molecule has 0 unspecified atom stereocenters. The molecule has 0 amide bonds. The summed E-state index contributed by atoms with van der Waals surface area (Å²) in [5.41, 5.74) is 1.34. The second kappa shape index (κ2) is 4.61. The number of pyridine rings is 1. The predicted octanol–water partition coefficient (Wildman–Crippen LogP) is 3.51. The zero-order valence-corrected chi connectivity index (χ0v) is 11.2. The highest BCUT2D eigenvalue weighted by atomic mass is 14.9. The quantitative estimate of drug-likeness (QED) is 0.880. The van der Waals surface area contributed by atoms with E-state index in [9.17, 15) is 0 Å². The summed E-state index contributed by atoms with van der Waals surface area (Å²) in [5, 5.41) is 6.40. The average molecular weight is 252 g/mol. The van der Waals surface area contributed by atoms with E-state index in [-0.39, 0.29) is 0 Å². The molecule has 0 spiro atoms. The van der Waals surface area contributed by atoms with Crippen LogP contribution in [0.1, 0.15) is 31.2 Å². The first-order valence-corrected chi connectivity index (χ1v) is 7.47. The number of hydrogen-bond donors (Lipinski definition) is 1. The van der Waals surface area contributed by atoms with Gasteiger partial charge in [-0.2, -0.15) is 0 Å². The highest BCUT2D eigenvalue weighted by Gasteiger charge is 2.40. The van der Waals surface area contributed by atoms with E-state index in [1.165, 1.54) is 42.0 Å². The van der Waals surface area contributed by atoms with Crippen LogP contribution in [0.15, 0.2) is 36.7 Å². The third kappa shape index (κ3) is 2.37. The molecule has 2 nitrogen and oxygen atoms in total. The molecule has 2 aliphatic carbocycles. The van der Waals surface area contributed by atoms with E-state index in [0.29, 0.717) is 0 Å². The third-order valence-corrected chi connectivity index (χ3v) is 4.54. The van der Waals surface area contributed by atoms with Crippen molar-refractivity contribution < 1.29 is 0 Å². The Balaban J connectivity index is 1.54. The molecule has 0 aliphatic heterocycles. The summed E-state index contributed by atoms with van der Waals surface area (Å²) in [5.74, 6) is 1.91. The van der Waals surface area contributed by atoms with Crippen LogP contribution in [0.5, 0.6) is 0 Å². The van der Waals surface area contributed by atoms with E-state index in [0.717, 1.165) is 24.4 Å². The normalized spacial score (nSPS) is 19.2. The monoisotopic (exact) mass is 252 g/mol. The molecule has 1 N–H and O–H groups in total. The van der Waals surface area contributed by atoms with Crippen LogP contribution in [0.3, 0.4) is 0 Å². The number of hydrogen-bond acceptors (Lipinski definition) is 2. The van der Waals surface area contributed by atoms with Crippen molar-refractivity contribution in [2.75, 3.05) is 0 Å². The van der Waals surface area contributed by atoms with Gasteiger partial charge in [0.25, 0.3) is 0 Å². The van der Waals surface area contributed by atoms with Gasteiger partial charge in [-0.05, 0) is 48.5 Å². The van der Waals surface area contributed by atoms with Crippen molar-refractivity contribution >= 4 is 10.8 Å². The summed E-state index contributed by atoms with van der Waals surface area (Å²) in [7, 11) is 0. The third-order valence-electron chi connectivity index (χ3n) is 4.54. The van der Waals surface area contributed by atoms with Gasteiger partial charge in [0.05, 0.1) is 0 Å². The first-order chi connectivity index (χ1) is 9.42. The first-order valence-electron chi connectivity index (χ1n) is 7.47.